The Labute approximate surface area is 67.5 Å². The third-order valence-electron chi connectivity index (χ3n) is 0.529. The van der Waals surface area contributed by atoms with Gasteiger partial charge in [0.05, 0.1) is 0 Å². The van der Waals surface area contributed by atoms with E-state index in [0.29, 0.717) is 5.28 Å². The van der Waals surface area contributed by atoms with Crippen molar-refractivity contribution in [2.45, 2.75) is 0 Å². The Hall–Kier alpha value is -1.16. The van der Waals surface area contributed by atoms with Crippen LogP contribution in [0.25, 0.3) is 0 Å². The van der Waals surface area contributed by atoms with Crippen molar-refractivity contribution in [3.8, 4) is 0 Å². The largest absolute Gasteiger partial charge is 0.375 e. The van der Waals surface area contributed by atoms with E-state index in [1.807, 2.05) is 5.43 Å². The van der Waals surface area contributed by atoms with Crippen molar-refractivity contribution in [2.24, 2.45) is 17.4 Å². The molecule has 64 valence electrons. The predicted molar refractivity (Wildman–Crippen MR) is 39.8 cm³/mol. The summed E-state index contributed by atoms with van der Waals surface area (Å²) in [7, 11) is 0. The van der Waals surface area contributed by atoms with Crippen molar-refractivity contribution >= 4 is 23.4 Å². The van der Waals surface area contributed by atoms with Gasteiger partial charge in [0, 0.05) is 5.28 Å². The summed E-state index contributed by atoms with van der Waals surface area (Å²) < 4.78 is 0. The monoisotopic (exact) mass is 180 g/mol. The van der Waals surface area contributed by atoms with Crippen LogP contribution in [0, 0.1) is 0 Å². The number of carbonyl (C=O) groups is 1. The molecule has 0 rings (SSSR count). The SMILES string of the molecule is NON(NC(N)=O)NC(N)=S. The summed E-state index contributed by atoms with van der Waals surface area (Å²) >= 11 is 4.39. The number of rotatable bonds is 3. The molecule has 2 amide bonds. The second-order valence-electron chi connectivity index (χ2n) is 1.35. The smallest absolute Gasteiger partial charge is 0.330 e. The third-order valence-corrected chi connectivity index (χ3v) is 0.620. The van der Waals surface area contributed by atoms with Gasteiger partial charge in [-0.1, -0.05) is 0 Å². The summed E-state index contributed by atoms with van der Waals surface area (Å²) in [4.78, 5) is 14.2. The number of nitrogens with one attached hydrogen (secondary N) is 2. The van der Waals surface area contributed by atoms with E-state index in [0.717, 1.165) is 0 Å². The van der Waals surface area contributed by atoms with Crippen LogP contribution in [-0.2, 0) is 4.94 Å². The number of nitrogens with two attached hydrogens (primary N) is 3. The fraction of sp³-hybridized carbons (Fsp3) is 0. The maximum Gasteiger partial charge on any atom is 0.330 e. The Bertz CT molecular complexity index is 145. The fourth-order valence-electron chi connectivity index (χ4n) is 0.281. The number of hydrazine groups is 2. The van der Waals surface area contributed by atoms with Gasteiger partial charge in [0.15, 0.2) is 5.11 Å². The normalized spacial score (nSPS) is 9.27. The Balaban J connectivity index is 3.76. The molecule has 0 saturated carbocycles. The lowest BCUT2D eigenvalue weighted by Crippen LogP contribution is -2.56. The molecule has 0 unspecified atom stereocenters. The first kappa shape index (κ1) is 9.84. The van der Waals surface area contributed by atoms with Gasteiger partial charge in [-0.2, -0.15) is 10.8 Å². The van der Waals surface area contributed by atoms with Gasteiger partial charge in [0.1, 0.15) is 0 Å². The minimum atomic E-state index is -0.876. The lowest BCUT2D eigenvalue weighted by atomic mass is 11.1. The summed E-state index contributed by atoms with van der Waals surface area (Å²) in [6.45, 7) is 0. The van der Waals surface area contributed by atoms with Gasteiger partial charge in [0.2, 0.25) is 0 Å². The Kier molecular flexibility index (Phi) is 4.14. The summed E-state index contributed by atoms with van der Waals surface area (Å²) in [5.74, 6) is 4.65. The quantitative estimate of drug-likeness (QED) is 0.238. The van der Waals surface area contributed by atoms with E-state index in [9.17, 15) is 4.79 Å². The van der Waals surface area contributed by atoms with E-state index >= 15 is 0 Å². The Morgan fingerprint density at radius 1 is 1.45 bits per heavy atom. The van der Waals surface area contributed by atoms with Gasteiger partial charge in [-0.15, -0.1) is 0 Å². The van der Waals surface area contributed by atoms with E-state index in [4.69, 9.17) is 11.5 Å². The lowest BCUT2D eigenvalue weighted by molar-refractivity contribution is -0.210. The molecule has 0 atom stereocenters. The molecule has 9 heteroatoms. The molecule has 0 aliphatic rings. The van der Waals surface area contributed by atoms with E-state index in [-0.39, 0.29) is 5.11 Å². The molecule has 0 saturated heterocycles. The zero-order valence-electron chi connectivity index (χ0n) is 5.40. The van der Waals surface area contributed by atoms with Crippen LogP contribution in [0.1, 0.15) is 0 Å². The van der Waals surface area contributed by atoms with Crippen LogP contribution in [0.2, 0.25) is 0 Å². The standard InChI is InChI=1S/C2H8N6O2S/c3-1(9)6-8(10-5)7-2(4)11/h5H2,(H3,3,6,9)(H3,4,7,11). The molecule has 0 aromatic carbocycles. The number of carbonyl (C=O) groups excluding carboxylic acids is 1. The fourth-order valence-corrected chi connectivity index (χ4v) is 0.364. The number of hydrogen-bond donors (Lipinski definition) is 5. The van der Waals surface area contributed by atoms with E-state index in [1.165, 1.54) is 0 Å². The molecule has 0 bridgehead atoms. The van der Waals surface area contributed by atoms with Crippen LogP contribution in [0.15, 0.2) is 0 Å². The topological polar surface area (TPSA) is 132 Å². The molecule has 0 aliphatic heterocycles. The van der Waals surface area contributed by atoms with Gasteiger partial charge < -0.3 is 11.5 Å². The molecule has 8 N–H and O–H groups in total. The zero-order valence-corrected chi connectivity index (χ0v) is 6.22. The minimum absolute atomic E-state index is 0.135. The summed E-state index contributed by atoms with van der Waals surface area (Å²) in [6.07, 6.45) is 0. The number of nitrogens with zero attached hydrogens (tertiary/aromatic N) is 1. The van der Waals surface area contributed by atoms with Crippen molar-refractivity contribution in [3.63, 3.8) is 0 Å². The maximum absolute atomic E-state index is 10.2. The Morgan fingerprint density at radius 3 is 2.27 bits per heavy atom. The molecule has 0 fully saturated rings. The van der Waals surface area contributed by atoms with Crippen LogP contribution >= 0.6 is 12.2 Å². The average Bonchev–Trinajstić information content (AvgIpc) is 1.84. The van der Waals surface area contributed by atoms with E-state index in [2.05, 4.69) is 28.5 Å². The summed E-state index contributed by atoms with van der Waals surface area (Å²) in [5, 5.41) is 0.425. The summed E-state index contributed by atoms with van der Waals surface area (Å²) in [5.41, 5.74) is 13.7. The predicted octanol–water partition coefficient (Wildman–Crippen LogP) is -2.57. The van der Waals surface area contributed by atoms with E-state index in [1.54, 1.807) is 0 Å². The highest BCUT2D eigenvalue weighted by atomic mass is 32.1. The highest BCUT2D eigenvalue weighted by molar-refractivity contribution is 7.80. The molecular weight excluding hydrogens is 172 g/mol. The van der Waals surface area contributed by atoms with Crippen LogP contribution in [0.3, 0.4) is 0 Å². The molecule has 0 aliphatic carbocycles. The highest BCUT2D eigenvalue weighted by Gasteiger charge is 2.04. The number of amides is 2. The van der Waals surface area contributed by atoms with Crippen LogP contribution in [0.5, 0.6) is 0 Å². The molecule has 0 spiro atoms. The molecule has 8 nitrogen and oxygen atoms in total. The van der Waals surface area contributed by atoms with E-state index < -0.39 is 6.03 Å². The van der Waals surface area contributed by atoms with Gasteiger partial charge in [0.25, 0.3) is 0 Å². The second kappa shape index (κ2) is 4.62. The third kappa shape index (κ3) is 5.29. The van der Waals surface area contributed by atoms with Gasteiger partial charge >= 0.3 is 6.03 Å². The summed E-state index contributed by atoms with van der Waals surface area (Å²) in [6, 6.07) is -0.876. The number of urea groups is 1. The van der Waals surface area contributed by atoms with Gasteiger partial charge in [-0.3, -0.25) is 5.43 Å². The number of hydrogen-bond acceptors (Lipinski definition) is 5. The first-order valence-electron chi connectivity index (χ1n) is 2.35. The lowest BCUT2D eigenvalue weighted by Gasteiger charge is -2.17. The first-order chi connectivity index (χ1) is 5.06. The van der Waals surface area contributed by atoms with Crippen molar-refractivity contribution < 1.29 is 9.73 Å². The second-order valence-corrected chi connectivity index (χ2v) is 1.79. The van der Waals surface area contributed by atoms with Crippen LogP contribution < -0.4 is 28.2 Å². The molecular formula is C2H8N6O2S. The van der Waals surface area contributed by atoms with Gasteiger partial charge in [-0.05, 0) is 12.2 Å². The van der Waals surface area contributed by atoms with Crippen LogP contribution in [0.4, 0.5) is 4.79 Å². The highest BCUT2D eigenvalue weighted by Crippen LogP contribution is 1.70. The number of thiocarbonyl (C=S) groups is 1. The molecule has 11 heavy (non-hydrogen) atoms. The molecule has 0 heterocycles. The van der Waals surface area contributed by atoms with Crippen molar-refractivity contribution in [1.29, 1.82) is 0 Å². The zero-order chi connectivity index (χ0) is 8.85. The molecule has 0 radical (unpaired) electrons. The minimum Gasteiger partial charge on any atom is -0.375 e. The number of primary amides is 1. The van der Waals surface area contributed by atoms with Gasteiger partial charge in [-0.25, -0.2) is 10.2 Å². The molecule has 0 aromatic heterocycles. The van der Waals surface area contributed by atoms with Crippen LogP contribution in [-0.4, -0.2) is 16.4 Å². The average molecular weight is 180 g/mol. The first-order valence-corrected chi connectivity index (χ1v) is 2.76. The Morgan fingerprint density at radius 2 is 2.00 bits per heavy atom. The van der Waals surface area contributed by atoms with Crippen molar-refractivity contribution in [3.05, 3.63) is 0 Å². The maximum atomic E-state index is 10.2. The van der Waals surface area contributed by atoms with Crippen molar-refractivity contribution in [1.82, 2.24) is 16.1 Å². The van der Waals surface area contributed by atoms with Crippen molar-refractivity contribution in [2.75, 3.05) is 0 Å². The molecule has 0 aromatic rings.